The van der Waals surface area contributed by atoms with Crippen LogP contribution in [0.2, 0.25) is 0 Å². The van der Waals surface area contributed by atoms with E-state index in [1.807, 2.05) is 66.7 Å². The topological polar surface area (TPSA) is 124 Å². The molecule has 1 aliphatic rings. The van der Waals surface area contributed by atoms with Crippen molar-refractivity contribution in [2.45, 2.75) is 37.4 Å². The Morgan fingerprint density at radius 3 is 2.38 bits per heavy atom. The van der Waals surface area contributed by atoms with Crippen molar-refractivity contribution in [1.82, 2.24) is 5.32 Å². The minimum Gasteiger partial charge on any atom is -0.426 e. The SMILES string of the molecule is N#Cc1cccc(COCC2=NOC(Cc3ccccc3)(C(=O)NC(Cc3ccccc3)B(O)O)C2)c1. The van der Waals surface area contributed by atoms with Crippen molar-refractivity contribution in [3.8, 4) is 6.07 Å². The maximum atomic E-state index is 13.6. The van der Waals surface area contributed by atoms with Crippen LogP contribution in [0, 0.1) is 11.3 Å². The Hall–Kier alpha value is -3.97. The average molecular weight is 497 g/mol. The van der Waals surface area contributed by atoms with Crippen LogP contribution < -0.4 is 5.32 Å². The van der Waals surface area contributed by atoms with Gasteiger partial charge in [0.1, 0.15) is 0 Å². The van der Waals surface area contributed by atoms with Gasteiger partial charge in [0.05, 0.1) is 36.5 Å². The third-order valence-electron chi connectivity index (χ3n) is 6.15. The summed E-state index contributed by atoms with van der Waals surface area (Å²) in [6.07, 6.45) is 0.673. The number of hydrogen-bond donors (Lipinski definition) is 3. The Morgan fingerprint density at radius 2 is 1.70 bits per heavy atom. The molecule has 188 valence electrons. The first-order valence-electron chi connectivity index (χ1n) is 12.0. The predicted molar refractivity (Wildman–Crippen MR) is 139 cm³/mol. The molecule has 0 aliphatic carbocycles. The fourth-order valence-corrected chi connectivity index (χ4v) is 4.26. The molecule has 0 bridgehead atoms. The maximum Gasteiger partial charge on any atom is 0.475 e. The fourth-order valence-electron chi connectivity index (χ4n) is 4.26. The lowest BCUT2D eigenvalue weighted by Crippen LogP contribution is -2.56. The van der Waals surface area contributed by atoms with Crippen LogP contribution in [0.25, 0.3) is 0 Å². The Kier molecular flexibility index (Phi) is 8.70. The summed E-state index contributed by atoms with van der Waals surface area (Å²) < 4.78 is 5.79. The summed E-state index contributed by atoms with van der Waals surface area (Å²) in [5.74, 6) is -1.41. The molecule has 0 saturated heterocycles. The zero-order valence-electron chi connectivity index (χ0n) is 20.3. The molecule has 0 saturated carbocycles. The van der Waals surface area contributed by atoms with Crippen molar-refractivity contribution in [2.75, 3.05) is 6.61 Å². The van der Waals surface area contributed by atoms with E-state index in [9.17, 15) is 14.8 Å². The van der Waals surface area contributed by atoms with Crippen LogP contribution in [0.15, 0.2) is 90.1 Å². The van der Waals surface area contributed by atoms with Crippen LogP contribution in [0.5, 0.6) is 0 Å². The predicted octanol–water partition coefficient (Wildman–Crippen LogP) is 2.57. The zero-order chi connectivity index (χ0) is 26.1. The maximum absolute atomic E-state index is 13.6. The van der Waals surface area contributed by atoms with Crippen LogP contribution in [0.3, 0.4) is 0 Å². The molecule has 37 heavy (non-hydrogen) atoms. The number of amides is 1. The highest BCUT2D eigenvalue weighted by atomic mass is 16.7. The molecule has 0 radical (unpaired) electrons. The Balaban J connectivity index is 1.45. The molecular weight excluding hydrogens is 469 g/mol. The number of nitrogens with one attached hydrogen (secondary N) is 1. The molecule has 9 heteroatoms. The van der Waals surface area contributed by atoms with Gasteiger partial charge in [-0.2, -0.15) is 5.26 Å². The van der Waals surface area contributed by atoms with Gasteiger partial charge in [0, 0.05) is 12.8 Å². The van der Waals surface area contributed by atoms with Crippen molar-refractivity contribution < 1.29 is 24.4 Å². The molecule has 3 aromatic rings. The first-order chi connectivity index (χ1) is 18.0. The molecule has 4 rings (SSSR count). The van der Waals surface area contributed by atoms with Crippen molar-refractivity contribution in [1.29, 1.82) is 5.26 Å². The van der Waals surface area contributed by atoms with Crippen LogP contribution in [-0.2, 0) is 33.8 Å². The van der Waals surface area contributed by atoms with E-state index >= 15 is 0 Å². The van der Waals surface area contributed by atoms with Gasteiger partial charge < -0.3 is 24.9 Å². The number of nitriles is 1. The van der Waals surface area contributed by atoms with Gasteiger partial charge in [0.2, 0.25) is 5.60 Å². The molecule has 1 amide bonds. The molecule has 2 unspecified atom stereocenters. The van der Waals surface area contributed by atoms with Gasteiger partial charge in [-0.25, -0.2) is 0 Å². The van der Waals surface area contributed by atoms with E-state index in [2.05, 4.69) is 16.5 Å². The number of benzene rings is 3. The summed E-state index contributed by atoms with van der Waals surface area (Å²) in [4.78, 5) is 19.4. The molecule has 3 N–H and O–H groups in total. The highest BCUT2D eigenvalue weighted by Crippen LogP contribution is 2.29. The van der Waals surface area contributed by atoms with E-state index in [1.54, 1.807) is 18.2 Å². The van der Waals surface area contributed by atoms with E-state index in [1.165, 1.54) is 0 Å². The molecule has 0 spiro atoms. The van der Waals surface area contributed by atoms with E-state index in [4.69, 9.17) is 14.8 Å². The fraction of sp³-hybridized carbons (Fsp3) is 0.250. The molecule has 2 atom stereocenters. The standard InChI is InChI=1S/C28H28BN3O5/c30-18-23-12-7-13-24(14-23)19-36-20-25-17-28(37-32-25,16-22-10-5-2-6-11-22)27(33)31-26(29(34)35)15-21-8-3-1-4-9-21/h1-14,26,34-35H,15-17,19-20H2,(H,31,33). The molecule has 3 aromatic carbocycles. The van der Waals surface area contributed by atoms with Crippen molar-refractivity contribution in [3.05, 3.63) is 107 Å². The second kappa shape index (κ2) is 12.3. The molecule has 8 nitrogen and oxygen atoms in total. The zero-order valence-corrected chi connectivity index (χ0v) is 20.3. The summed E-state index contributed by atoms with van der Waals surface area (Å²) in [7, 11) is -1.76. The van der Waals surface area contributed by atoms with Gasteiger partial charge >= 0.3 is 7.12 Å². The lowest BCUT2D eigenvalue weighted by atomic mass is 9.75. The van der Waals surface area contributed by atoms with Crippen LogP contribution in [0.1, 0.15) is 28.7 Å². The number of rotatable bonds is 11. The Morgan fingerprint density at radius 1 is 1.03 bits per heavy atom. The summed E-state index contributed by atoms with van der Waals surface area (Å²) >= 11 is 0. The average Bonchev–Trinajstić information content (AvgIpc) is 3.33. The molecular formula is C28H28BN3O5. The first-order valence-corrected chi connectivity index (χ1v) is 12.0. The third-order valence-corrected chi connectivity index (χ3v) is 6.15. The van der Waals surface area contributed by atoms with Gasteiger partial charge in [-0.1, -0.05) is 78.0 Å². The first kappa shape index (κ1) is 26.1. The second-order valence-corrected chi connectivity index (χ2v) is 9.07. The number of oxime groups is 1. The Bertz CT molecular complexity index is 1260. The quantitative estimate of drug-likeness (QED) is 0.350. The van der Waals surface area contributed by atoms with E-state index in [0.29, 0.717) is 11.3 Å². The number of carbonyl (C=O) groups excluding carboxylic acids is 1. The minimum atomic E-state index is -1.76. The van der Waals surface area contributed by atoms with Crippen molar-refractivity contribution >= 4 is 18.7 Å². The van der Waals surface area contributed by atoms with Crippen molar-refractivity contribution in [2.24, 2.45) is 5.16 Å². The number of carbonyl (C=O) groups is 1. The van der Waals surface area contributed by atoms with E-state index < -0.39 is 24.6 Å². The third kappa shape index (κ3) is 7.05. The van der Waals surface area contributed by atoms with Gasteiger partial charge in [0.25, 0.3) is 5.91 Å². The molecule has 0 aromatic heterocycles. The van der Waals surface area contributed by atoms with Crippen LogP contribution in [0.4, 0.5) is 0 Å². The van der Waals surface area contributed by atoms with Crippen LogP contribution in [-0.4, -0.2) is 46.9 Å². The summed E-state index contributed by atoms with van der Waals surface area (Å²) in [6, 6.07) is 28.0. The monoisotopic (exact) mass is 497 g/mol. The van der Waals surface area contributed by atoms with Crippen LogP contribution >= 0.6 is 0 Å². The minimum absolute atomic E-state index is 0.149. The largest absolute Gasteiger partial charge is 0.475 e. The highest BCUT2D eigenvalue weighted by molar-refractivity contribution is 6.43. The number of hydrogen-bond acceptors (Lipinski definition) is 7. The number of ether oxygens (including phenoxy) is 1. The summed E-state index contributed by atoms with van der Waals surface area (Å²) in [5, 5.41) is 36.0. The van der Waals surface area contributed by atoms with E-state index in [-0.39, 0.29) is 32.5 Å². The normalized spacial score (nSPS) is 17.3. The highest BCUT2D eigenvalue weighted by Gasteiger charge is 2.48. The van der Waals surface area contributed by atoms with Gasteiger partial charge in [-0.3, -0.25) is 4.79 Å². The molecule has 1 heterocycles. The second-order valence-electron chi connectivity index (χ2n) is 9.07. The Labute approximate surface area is 216 Å². The van der Waals surface area contributed by atoms with Gasteiger partial charge in [-0.05, 0) is 35.2 Å². The number of nitrogens with zero attached hydrogens (tertiary/aromatic N) is 2. The van der Waals surface area contributed by atoms with Gasteiger partial charge in [0.15, 0.2) is 0 Å². The lowest BCUT2D eigenvalue weighted by Gasteiger charge is -2.28. The summed E-state index contributed by atoms with van der Waals surface area (Å²) in [6.45, 7) is 0.430. The van der Waals surface area contributed by atoms with Crippen molar-refractivity contribution in [3.63, 3.8) is 0 Å². The van der Waals surface area contributed by atoms with Gasteiger partial charge in [-0.15, -0.1) is 0 Å². The lowest BCUT2D eigenvalue weighted by molar-refractivity contribution is -0.144. The molecule has 1 aliphatic heterocycles. The smallest absolute Gasteiger partial charge is 0.426 e. The summed E-state index contributed by atoms with van der Waals surface area (Å²) in [5.41, 5.74) is 2.35. The van der Waals surface area contributed by atoms with E-state index in [0.717, 1.165) is 16.7 Å². The molecule has 0 fully saturated rings.